The molecular weight excluding hydrogens is 436 g/mol. The fourth-order valence-electron chi connectivity index (χ4n) is 3.44. The number of nitrogen functional groups attached to an aromatic ring is 1. The molecule has 34 heavy (non-hydrogen) atoms. The van der Waals surface area contributed by atoms with Gasteiger partial charge in [0.1, 0.15) is 16.9 Å². The van der Waals surface area contributed by atoms with Crippen molar-refractivity contribution in [2.24, 2.45) is 5.10 Å². The minimum Gasteiger partial charge on any atom is -0.465 e. The van der Waals surface area contributed by atoms with Gasteiger partial charge in [0.2, 0.25) is 0 Å². The van der Waals surface area contributed by atoms with Crippen LogP contribution < -0.4 is 11.1 Å². The number of nitrogens with zero attached hydrogens (tertiary/aromatic N) is 4. The molecule has 0 radical (unpaired) electrons. The molecule has 2 aromatic carbocycles. The van der Waals surface area contributed by atoms with Crippen LogP contribution in [0.3, 0.4) is 0 Å². The lowest BCUT2D eigenvalue weighted by atomic mass is 10.1. The molecule has 1 amide bonds. The van der Waals surface area contributed by atoms with E-state index in [0.717, 1.165) is 0 Å². The number of amides is 1. The van der Waals surface area contributed by atoms with Crippen molar-refractivity contribution in [1.82, 2.24) is 20.0 Å². The zero-order chi connectivity index (χ0) is 24.1. The Balaban J connectivity index is 1.75. The first kappa shape index (κ1) is 22.9. The van der Waals surface area contributed by atoms with E-state index >= 15 is 0 Å². The molecule has 4 rings (SSSR count). The van der Waals surface area contributed by atoms with Crippen LogP contribution >= 0.6 is 0 Å². The first-order valence-electron chi connectivity index (χ1n) is 10.6. The molecule has 2 aromatic heterocycles. The lowest BCUT2D eigenvalue weighted by Gasteiger charge is -2.05. The number of hydrogen-bond donors (Lipinski definition) is 2. The SMILES string of the molecule is COCCCNC(=O)c1c(N)n(N=Cc2ccc(C(=O)OC)cc2)c2nc3ccccc3nc12. The van der Waals surface area contributed by atoms with Crippen molar-refractivity contribution in [2.75, 3.05) is 33.1 Å². The molecule has 2 heterocycles. The van der Waals surface area contributed by atoms with Crippen LogP contribution in [0.15, 0.2) is 53.6 Å². The second kappa shape index (κ2) is 10.1. The van der Waals surface area contributed by atoms with E-state index in [2.05, 4.69) is 20.4 Å². The standard InChI is InChI=1S/C24H24N6O4/c1-33-13-5-12-26-23(31)19-20-22(29-18-7-4-3-6-17(18)28-20)30(21(19)25)27-14-15-8-10-16(11-9-15)24(32)34-2/h3-4,6-11,14H,5,12-13,25H2,1-2H3,(H,26,31). The molecule has 3 N–H and O–H groups in total. The molecule has 0 bridgehead atoms. The van der Waals surface area contributed by atoms with Gasteiger partial charge < -0.3 is 20.5 Å². The summed E-state index contributed by atoms with van der Waals surface area (Å²) in [5.41, 5.74) is 9.75. The Kier molecular flexibility index (Phi) is 6.79. The summed E-state index contributed by atoms with van der Waals surface area (Å²) in [6.07, 6.45) is 2.23. The molecule has 0 spiro atoms. The molecule has 0 aliphatic rings. The molecule has 174 valence electrons. The van der Waals surface area contributed by atoms with Crippen molar-refractivity contribution in [3.63, 3.8) is 0 Å². The molecule has 0 atom stereocenters. The number of hydrogen-bond acceptors (Lipinski definition) is 8. The number of methoxy groups -OCH3 is 2. The number of rotatable bonds is 8. The summed E-state index contributed by atoms with van der Waals surface area (Å²) in [4.78, 5) is 33.9. The topological polar surface area (TPSA) is 134 Å². The number of nitrogens with two attached hydrogens (primary N) is 1. The summed E-state index contributed by atoms with van der Waals surface area (Å²) in [5.74, 6) is -0.663. The van der Waals surface area contributed by atoms with Gasteiger partial charge in [-0.15, -0.1) is 0 Å². The van der Waals surface area contributed by atoms with Gasteiger partial charge in [0.05, 0.1) is 29.9 Å². The smallest absolute Gasteiger partial charge is 0.337 e. The number of aromatic nitrogens is 3. The Labute approximate surface area is 195 Å². The normalized spacial score (nSPS) is 11.4. The fraction of sp³-hybridized carbons (Fsp3) is 0.208. The fourth-order valence-corrected chi connectivity index (χ4v) is 3.44. The maximum atomic E-state index is 13.0. The highest BCUT2D eigenvalue weighted by Crippen LogP contribution is 2.27. The Morgan fingerprint density at radius 3 is 2.47 bits per heavy atom. The lowest BCUT2D eigenvalue weighted by molar-refractivity contribution is 0.0600. The van der Waals surface area contributed by atoms with Crippen molar-refractivity contribution in [3.8, 4) is 0 Å². The largest absolute Gasteiger partial charge is 0.465 e. The van der Waals surface area contributed by atoms with Crippen LogP contribution in [-0.4, -0.2) is 60.1 Å². The van der Waals surface area contributed by atoms with Gasteiger partial charge in [-0.2, -0.15) is 9.78 Å². The number of carbonyl (C=O) groups excluding carboxylic acids is 2. The van der Waals surface area contributed by atoms with Crippen LogP contribution in [-0.2, 0) is 9.47 Å². The van der Waals surface area contributed by atoms with Crippen molar-refractivity contribution in [2.45, 2.75) is 6.42 Å². The summed E-state index contributed by atoms with van der Waals surface area (Å²) in [6, 6.07) is 14.1. The van der Waals surface area contributed by atoms with Crippen molar-refractivity contribution in [1.29, 1.82) is 0 Å². The molecule has 0 unspecified atom stereocenters. The van der Waals surface area contributed by atoms with Crippen LogP contribution in [0.2, 0.25) is 0 Å². The Morgan fingerprint density at radius 1 is 1.09 bits per heavy atom. The van der Waals surface area contributed by atoms with Crippen LogP contribution in [0.25, 0.3) is 22.2 Å². The van der Waals surface area contributed by atoms with E-state index < -0.39 is 5.97 Å². The Hall–Kier alpha value is -4.31. The summed E-state index contributed by atoms with van der Waals surface area (Å²) < 4.78 is 11.1. The van der Waals surface area contributed by atoms with E-state index in [9.17, 15) is 9.59 Å². The molecule has 10 nitrogen and oxygen atoms in total. The highest BCUT2D eigenvalue weighted by Gasteiger charge is 2.23. The Bertz CT molecular complexity index is 1380. The van der Waals surface area contributed by atoms with Crippen molar-refractivity contribution in [3.05, 3.63) is 65.2 Å². The molecular formula is C24H24N6O4. The molecule has 0 fully saturated rings. The predicted octanol–water partition coefficient (Wildman–Crippen LogP) is 2.60. The number of ether oxygens (including phenoxy) is 2. The molecule has 0 aliphatic carbocycles. The molecule has 0 saturated heterocycles. The number of nitrogens with one attached hydrogen (secondary N) is 1. The van der Waals surface area contributed by atoms with E-state index in [4.69, 9.17) is 15.2 Å². The van der Waals surface area contributed by atoms with E-state index in [-0.39, 0.29) is 17.3 Å². The number of fused-ring (bicyclic) bond motifs is 2. The quantitative estimate of drug-likeness (QED) is 0.234. The predicted molar refractivity (Wildman–Crippen MR) is 129 cm³/mol. The first-order chi connectivity index (χ1) is 16.5. The van der Waals surface area contributed by atoms with Crippen molar-refractivity contribution < 1.29 is 19.1 Å². The first-order valence-corrected chi connectivity index (χ1v) is 10.6. The minimum absolute atomic E-state index is 0.122. The van der Waals surface area contributed by atoms with Gasteiger partial charge in [-0.25, -0.2) is 14.8 Å². The van der Waals surface area contributed by atoms with Crippen LogP contribution in [0, 0.1) is 0 Å². The zero-order valence-electron chi connectivity index (χ0n) is 18.8. The number of esters is 1. The molecule has 4 aromatic rings. The number of anilines is 1. The maximum Gasteiger partial charge on any atom is 0.337 e. The molecule has 0 saturated carbocycles. The molecule has 10 heteroatoms. The third-order valence-electron chi connectivity index (χ3n) is 5.17. The van der Waals surface area contributed by atoms with Gasteiger partial charge in [0.15, 0.2) is 5.65 Å². The second-order valence-electron chi connectivity index (χ2n) is 7.42. The van der Waals surface area contributed by atoms with E-state index in [1.54, 1.807) is 37.6 Å². The van der Waals surface area contributed by atoms with E-state index in [0.29, 0.717) is 52.9 Å². The number of benzene rings is 2. The maximum absolute atomic E-state index is 13.0. The number of para-hydroxylation sites is 2. The second-order valence-corrected chi connectivity index (χ2v) is 7.42. The van der Waals surface area contributed by atoms with Crippen LogP contribution in [0.1, 0.15) is 32.7 Å². The van der Waals surface area contributed by atoms with Gasteiger partial charge in [-0.3, -0.25) is 4.79 Å². The van der Waals surface area contributed by atoms with Crippen LogP contribution in [0.5, 0.6) is 0 Å². The lowest BCUT2D eigenvalue weighted by Crippen LogP contribution is -2.26. The van der Waals surface area contributed by atoms with Gasteiger partial charge in [0.25, 0.3) is 5.91 Å². The van der Waals surface area contributed by atoms with Crippen LogP contribution in [0.4, 0.5) is 5.82 Å². The highest BCUT2D eigenvalue weighted by atomic mass is 16.5. The van der Waals surface area contributed by atoms with Gasteiger partial charge in [0, 0.05) is 20.3 Å². The number of carbonyl (C=O) groups is 2. The van der Waals surface area contributed by atoms with Gasteiger partial charge >= 0.3 is 5.97 Å². The summed E-state index contributed by atoms with van der Waals surface area (Å²) in [6.45, 7) is 0.955. The summed E-state index contributed by atoms with van der Waals surface area (Å²) in [7, 11) is 2.93. The van der Waals surface area contributed by atoms with E-state index in [1.165, 1.54) is 11.8 Å². The average Bonchev–Trinajstić information content (AvgIpc) is 3.13. The average molecular weight is 460 g/mol. The van der Waals surface area contributed by atoms with Crippen molar-refractivity contribution >= 4 is 46.1 Å². The monoisotopic (exact) mass is 460 g/mol. The Morgan fingerprint density at radius 2 is 1.79 bits per heavy atom. The van der Waals surface area contributed by atoms with E-state index in [1.807, 2.05) is 24.3 Å². The van der Waals surface area contributed by atoms with Gasteiger partial charge in [-0.1, -0.05) is 24.3 Å². The third kappa shape index (κ3) is 4.57. The van der Waals surface area contributed by atoms with Gasteiger partial charge in [-0.05, 0) is 36.2 Å². The highest BCUT2D eigenvalue weighted by molar-refractivity contribution is 6.10. The molecule has 0 aliphatic heterocycles. The summed E-state index contributed by atoms with van der Waals surface area (Å²) in [5, 5.41) is 7.31. The third-order valence-corrected chi connectivity index (χ3v) is 5.17. The zero-order valence-corrected chi connectivity index (χ0v) is 18.8. The minimum atomic E-state index is -0.424. The summed E-state index contributed by atoms with van der Waals surface area (Å²) >= 11 is 0.